The lowest BCUT2D eigenvalue weighted by Crippen LogP contribution is -2.46. The van der Waals surface area contributed by atoms with E-state index in [9.17, 15) is 19.8 Å². The number of hydrogen-bond donors (Lipinski definition) is 3. The molecular weight excluding hydrogens is 755 g/mol. The molecule has 0 saturated carbocycles. The van der Waals surface area contributed by atoms with Gasteiger partial charge in [0.05, 0.1) is 25.2 Å². The zero-order chi connectivity index (χ0) is 44.5. The fourth-order valence-electron chi connectivity index (χ4n) is 8.12. The molecule has 1 amide bonds. The Bertz CT molecular complexity index is 1010. The molecule has 0 aliphatic rings. The average Bonchev–Trinajstić information content (AvgIpc) is 3.25. The number of esters is 1. The van der Waals surface area contributed by atoms with Gasteiger partial charge < -0.3 is 20.3 Å². The van der Waals surface area contributed by atoms with Crippen molar-refractivity contribution in [3.8, 4) is 0 Å². The monoisotopic (exact) mass is 858 g/mol. The summed E-state index contributed by atoms with van der Waals surface area (Å²) in [5.74, 6) is -0.501. The third kappa shape index (κ3) is 44.5. The molecule has 358 valence electrons. The van der Waals surface area contributed by atoms with E-state index in [1.54, 1.807) is 0 Å². The highest BCUT2D eigenvalue weighted by Crippen LogP contribution is 2.18. The van der Waals surface area contributed by atoms with Gasteiger partial charge in [0.2, 0.25) is 5.91 Å². The molecule has 6 heteroatoms. The Morgan fingerprint density at radius 1 is 0.475 bits per heavy atom. The van der Waals surface area contributed by atoms with Crippen LogP contribution in [0.25, 0.3) is 0 Å². The molecule has 3 unspecified atom stereocenters. The van der Waals surface area contributed by atoms with E-state index in [0.717, 1.165) is 70.6 Å². The van der Waals surface area contributed by atoms with Crippen LogP contribution in [0.15, 0.2) is 36.5 Å². The summed E-state index contributed by atoms with van der Waals surface area (Å²) in [7, 11) is 0. The molecule has 0 bridgehead atoms. The van der Waals surface area contributed by atoms with Crippen LogP contribution in [0.3, 0.4) is 0 Å². The summed E-state index contributed by atoms with van der Waals surface area (Å²) in [6, 6.07) is -0.705. The Hall–Kier alpha value is -1.92. The highest BCUT2D eigenvalue weighted by Gasteiger charge is 2.24. The van der Waals surface area contributed by atoms with Gasteiger partial charge in [-0.15, -0.1) is 0 Å². The number of aliphatic hydroxyl groups excluding tert-OH is 2. The van der Waals surface area contributed by atoms with E-state index < -0.39 is 18.2 Å². The van der Waals surface area contributed by atoms with E-state index in [4.69, 9.17) is 4.74 Å². The van der Waals surface area contributed by atoms with Crippen LogP contribution in [0.2, 0.25) is 0 Å². The highest BCUT2D eigenvalue weighted by atomic mass is 16.5. The topological polar surface area (TPSA) is 95.9 Å². The minimum Gasteiger partial charge on any atom is -0.462 e. The standard InChI is InChI=1S/C55H103NO5/c1-4-7-10-13-16-19-21-23-25-27-28-30-32-35-37-40-43-46-51(49-54(59)56-52(50-57)53(58)47-44-41-38-34-18-15-12-9-6-3)61-55(60)48-45-42-39-36-33-31-29-26-24-22-20-17-14-11-8-5-2/h23,25-26,29,31,33,51-53,57-58H,4-22,24,27-28,30,32,34-50H2,1-3H3,(H,56,59)/b25-23+,29-26+,33-31+. The second-order valence-electron chi connectivity index (χ2n) is 18.3. The van der Waals surface area contributed by atoms with Crippen molar-refractivity contribution in [1.29, 1.82) is 0 Å². The molecule has 0 radical (unpaired) electrons. The molecule has 0 saturated heterocycles. The van der Waals surface area contributed by atoms with Crippen molar-refractivity contribution in [3.05, 3.63) is 36.5 Å². The molecule has 0 fully saturated rings. The predicted octanol–water partition coefficient (Wildman–Crippen LogP) is 16.1. The first-order chi connectivity index (χ1) is 30.0. The van der Waals surface area contributed by atoms with Crippen molar-refractivity contribution in [2.75, 3.05) is 6.61 Å². The average molecular weight is 858 g/mol. The molecular formula is C55H103NO5. The van der Waals surface area contributed by atoms with Crippen molar-refractivity contribution in [2.45, 2.75) is 296 Å². The zero-order valence-corrected chi connectivity index (χ0v) is 40.8. The third-order valence-corrected chi connectivity index (χ3v) is 12.2. The Morgan fingerprint density at radius 3 is 1.26 bits per heavy atom. The first kappa shape index (κ1) is 59.1. The van der Waals surface area contributed by atoms with Gasteiger partial charge in [0.25, 0.3) is 0 Å². The van der Waals surface area contributed by atoms with Gasteiger partial charge in [-0.2, -0.15) is 0 Å². The summed E-state index contributed by atoms with van der Waals surface area (Å²) < 4.78 is 5.93. The lowest BCUT2D eigenvalue weighted by atomic mass is 10.0. The van der Waals surface area contributed by atoms with Crippen LogP contribution in [-0.2, 0) is 14.3 Å². The van der Waals surface area contributed by atoms with E-state index in [-0.39, 0.29) is 24.9 Å². The molecule has 0 spiro atoms. The van der Waals surface area contributed by atoms with Gasteiger partial charge in [-0.25, -0.2) is 0 Å². The van der Waals surface area contributed by atoms with Crippen LogP contribution in [0.5, 0.6) is 0 Å². The second kappa shape index (κ2) is 49.1. The maximum absolute atomic E-state index is 13.2. The summed E-state index contributed by atoms with van der Waals surface area (Å²) in [6.45, 7) is 6.46. The van der Waals surface area contributed by atoms with Crippen LogP contribution in [0.1, 0.15) is 278 Å². The normalized spacial score (nSPS) is 13.5. The largest absolute Gasteiger partial charge is 0.462 e. The van der Waals surface area contributed by atoms with Gasteiger partial charge in [0.1, 0.15) is 6.10 Å². The van der Waals surface area contributed by atoms with Gasteiger partial charge in [0.15, 0.2) is 0 Å². The van der Waals surface area contributed by atoms with Crippen molar-refractivity contribution < 1.29 is 24.5 Å². The lowest BCUT2D eigenvalue weighted by Gasteiger charge is -2.24. The summed E-state index contributed by atoms with van der Waals surface area (Å²) in [4.78, 5) is 26.1. The Morgan fingerprint density at radius 2 is 0.836 bits per heavy atom. The quantitative estimate of drug-likeness (QED) is 0.0245. The smallest absolute Gasteiger partial charge is 0.306 e. The predicted molar refractivity (Wildman–Crippen MR) is 264 cm³/mol. The second-order valence-corrected chi connectivity index (χ2v) is 18.3. The van der Waals surface area contributed by atoms with Crippen molar-refractivity contribution in [1.82, 2.24) is 5.32 Å². The van der Waals surface area contributed by atoms with Crippen molar-refractivity contribution in [3.63, 3.8) is 0 Å². The number of allylic oxidation sites excluding steroid dienone is 6. The number of carbonyl (C=O) groups excluding carboxylic acids is 2. The Balaban J connectivity index is 4.60. The summed E-state index contributed by atoms with van der Waals surface area (Å²) in [5, 5.41) is 23.7. The maximum atomic E-state index is 13.2. The fourth-order valence-corrected chi connectivity index (χ4v) is 8.12. The Kier molecular flexibility index (Phi) is 47.6. The van der Waals surface area contributed by atoms with Gasteiger partial charge in [-0.05, 0) is 77.0 Å². The van der Waals surface area contributed by atoms with E-state index in [1.165, 1.54) is 161 Å². The van der Waals surface area contributed by atoms with E-state index in [2.05, 4.69) is 62.5 Å². The molecule has 0 aliphatic carbocycles. The Labute approximate surface area is 379 Å². The fraction of sp³-hybridized carbons (Fsp3) is 0.855. The maximum Gasteiger partial charge on any atom is 0.306 e. The molecule has 3 atom stereocenters. The number of amides is 1. The van der Waals surface area contributed by atoms with Gasteiger partial charge >= 0.3 is 5.97 Å². The van der Waals surface area contributed by atoms with Crippen LogP contribution in [0.4, 0.5) is 0 Å². The van der Waals surface area contributed by atoms with Crippen LogP contribution in [-0.4, -0.2) is 46.9 Å². The van der Waals surface area contributed by atoms with Gasteiger partial charge in [-0.1, -0.05) is 224 Å². The number of carbonyl (C=O) groups is 2. The van der Waals surface area contributed by atoms with E-state index in [1.807, 2.05) is 0 Å². The minimum absolute atomic E-state index is 0.0661. The molecule has 0 aromatic rings. The van der Waals surface area contributed by atoms with Crippen molar-refractivity contribution in [2.24, 2.45) is 0 Å². The first-order valence-corrected chi connectivity index (χ1v) is 26.7. The molecule has 6 nitrogen and oxygen atoms in total. The number of unbranched alkanes of at least 4 members (excludes halogenated alkanes) is 31. The van der Waals surface area contributed by atoms with Crippen LogP contribution < -0.4 is 5.32 Å². The first-order valence-electron chi connectivity index (χ1n) is 26.7. The van der Waals surface area contributed by atoms with Gasteiger partial charge in [-0.3, -0.25) is 9.59 Å². The summed E-state index contributed by atoms with van der Waals surface area (Å²) >= 11 is 0. The van der Waals surface area contributed by atoms with Crippen molar-refractivity contribution >= 4 is 11.9 Å². The van der Waals surface area contributed by atoms with Crippen LogP contribution >= 0.6 is 0 Å². The minimum atomic E-state index is -0.790. The van der Waals surface area contributed by atoms with E-state index in [0.29, 0.717) is 19.3 Å². The van der Waals surface area contributed by atoms with Gasteiger partial charge in [0, 0.05) is 6.42 Å². The molecule has 0 rings (SSSR count). The molecule has 0 aromatic heterocycles. The lowest BCUT2D eigenvalue weighted by molar-refractivity contribution is -0.151. The zero-order valence-electron chi connectivity index (χ0n) is 40.8. The SMILES string of the molecule is CCCCCCCC/C=C/CCCCCCCCCC(CC(=O)NC(CO)C(O)CCCCCCCCCCC)OC(=O)CCCCC/C=C/C=C/CCCCCCCCC. The number of ether oxygens (including phenoxy) is 1. The number of aliphatic hydroxyl groups is 2. The number of hydrogen-bond acceptors (Lipinski definition) is 5. The van der Waals surface area contributed by atoms with E-state index >= 15 is 0 Å². The number of nitrogens with one attached hydrogen (secondary N) is 1. The summed E-state index contributed by atoms with van der Waals surface area (Å²) in [5.41, 5.74) is 0. The summed E-state index contributed by atoms with van der Waals surface area (Å²) in [6.07, 6.45) is 57.8. The highest BCUT2D eigenvalue weighted by molar-refractivity contribution is 5.77. The number of rotatable bonds is 48. The molecule has 0 heterocycles. The molecule has 0 aromatic carbocycles. The molecule has 3 N–H and O–H groups in total. The third-order valence-electron chi connectivity index (χ3n) is 12.2. The molecule has 0 aliphatic heterocycles. The van der Waals surface area contributed by atoms with Crippen LogP contribution in [0, 0.1) is 0 Å². The molecule has 61 heavy (non-hydrogen) atoms.